The summed E-state index contributed by atoms with van der Waals surface area (Å²) in [5, 5.41) is 3.98. The van der Waals surface area contributed by atoms with E-state index in [0.717, 1.165) is 12.3 Å². The molecule has 0 saturated heterocycles. The zero-order valence-electron chi connectivity index (χ0n) is 11.6. The van der Waals surface area contributed by atoms with Gasteiger partial charge in [0.15, 0.2) is 0 Å². The van der Waals surface area contributed by atoms with E-state index < -0.39 is 0 Å². The van der Waals surface area contributed by atoms with E-state index in [1.807, 2.05) is 24.3 Å². The quantitative estimate of drug-likeness (QED) is 0.858. The Kier molecular flexibility index (Phi) is 4.42. The molecule has 0 bridgehead atoms. The molecule has 1 N–H and O–H groups in total. The van der Waals surface area contributed by atoms with E-state index >= 15 is 0 Å². The van der Waals surface area contributed by atoms with Crippen LogP contribution < -0.4 is 10.1 Å². The predicted octanol–water partition coefficient (Wildman–Crippen LogP) is 4.31. The number of rotatable bonds is 6. The Bertz CT molecular complexity index is 611. The summed E-state index contributed by atoms with van der Waals surface area (Å²) in [6, 6.07) is 12.9. The lowest BCUT2D eigenvalue weighted by Crippen LogP contribution is -2.15. The molecule has 2 aromatic rings. The van der Waals surface area contributed by atoms with Crippen LogP contribution in [0.15, 0.2) is 42.5 Å². The van der Waals surface area contributed by atoms with Crippen molar-refractivity contribution in [2.45, 2.75) is 32.0 Å². The molecule has 0 radical (unpaired) electrons. The van der Waals surface area contributed by atoms with Crippen LogP contribution in [0.25, 0.3) is 0 Å². The summed E-state index contributed by atoms with van der Waals surface area (Å²) in [7, 11) is 0. The van der Waals surface area contributed by atoms with Gasteiger partial charge in [-0.2, -0.15) is 0 Å². The highest BCUT2D eigenvalue weighted by molar-refractivity contribution is 6.31. The number of benzene rings is 2. The molecular formula is C17H17ClFNO. The second-order valence-corrected chi connectivity index (χ2v) is 5.73. The van der Waals surface area contributed by atoms with Gasteiger partial charge < -0.3 is 10.1 Å². The average Bonchev–Trinajstić information content (AvgIpc) is 3.31. The summed E-state index contributed by atoms with van der Waals surface area (Å²) in [4.78, 5) is 0. The maximum absolute atomic E-state index is 13.2. The lowest BCUT2D eigenvalue weighted by molar-refractivity contribution is 0.305. The minimum atomic E-state index is -0.306. The Morgan fingerprint density at radius 1 is 1.14 bits per heavy atom. The SMILES string of the molecule is Fc1ccc(Cl)c(COc2ccc(CNC3CC3)cc2)c1. The topological polar surface area (TPSA) is 21.3 Å². The highest BCUT2D eigenvalue weighted by Crippen LogP contribution is 2.21. The van der Waals surface area contributed by atoms with Gasteiger partial charge in [-0.05, 0) is 48.7 Å². The van der Waals surface area contributed by atoms with Crippen LogP contribution in [0.3, 0.4) is 0 Å². The zero-order chi connectivity index (χ0) is 14.7. The molecule has 3 rings (SSSR count). The Hall–Kier alpha value is -1.58. The van der Waals surface area contributed by atoms with E-state index in [4.69, 9.17) is 16.3 Å². The first kappa shape index (κ1) is 14.4. The standard InChI is InChI=1S/C17H17ClFNO/c18-17-8-3-14(19)9-13(17)11-21-16-6-1-12(2-7-16)10-20-15-4-5-15/h1-3,6-9,15,20H,4-5,10-11H2. The first-order valence-electron chi connectivity index (χ1n) is 7.10. The normalized spacial score (nSPS) is 14.2. The maximum atomic E-state index is 13.2. The molecule has 1 saturated carbocycles. The van der Waals surface area contributed by atoms with E-state index in [0.29, 0.717) is 16.6 Å². The Morgan fingerprint density at radius 3 is 2.62 bits per heavy atom. The Labute approximate surface area is 128 Å². The van der Waals surface area contributed by atoms with Gasteiger partial charge in [0.1, 0.15) is 18.2 Å². The van der Waals surface area contributed by atoms with Gasteiger partial charge in [0, 0.05) is 23.2 Å². The van der Waals surface area contributed by atoms with Crippen molar-refractivity contribution in [3.05, 3.63) is 64.4 Å². The van der Waals surface area contributed by atoms with Gasteiger partial charge in [-0.15, -0.1) is 0 Å². The van der Waals surface area contributed by atoms with Crippen LogP contribution in [0, 0.1) is 5.82 Å². The second-order valence-electron chi connectivity index (χ2n) is 5.32. The molecule has 0 aliphatic heterocycles. The third-order valence-corrected chi connectivity index (χ3v) is 3.87. The third kappa shape index (κ3) is 4.19. The summed E-state index contributed by atoms with van der Waals surface area (Å²) >= 11 is 6.01. The Morgan fingerprint density at radius 2 is 1.90 bits per heavy atom. The van der Waals surface area contributed by atoms with Crippen molar-refractivity contribution in [2.75, 3.05) is 0 Å². The molecule has 0 atom stereocenters. The largest absolute Gasteiger partial charge is 0.489 e. The first-order chi connectivity index (χ1) is 10.2. The van der Waals surface area contributed by atoms with Crippen LogP contribution in [0.5, 0.6) is 5.75 Å². The number of nitrogens with one attached hydrogen (secondary N) is 1. The fraction of sp³-hybridized carbons (Fsp3) is 0.294. The summed E-state index contributed by atoms with van der Waals surface area (Å²) in [6.45, 7) is 1.15. The number of ether oxygens (including phenoxy) is 1. The molecule has 0 aromatic heterocycles. The van der Waals surface area contributed by atoms with Crippen molar-refractivity contribution in [3.8, 4) is 5.75 Å². The minimum Gasteiger partial charge on any atom is -0.489 e. The molecule has 1 aliphatic rings. The fourth-order valence-corrected chi connectivity index (χ4v) is 2.24. The summed E-state index contributed by atoms with van der Waals surface area (Å²) in [5.41, 5.74) is 1.88. The van der Waals surface area contributed by atoms with Crippen molar-refractivity contribution >= 4 is 11.6 Å². The third-order valence-electron chi connectivity index (χ3n) is 3.50. The average molecular weight is 306 g/mol. The summed E-state index contributed by atoms with van der Waals surface area (Å²) < 4.78 is 18.8. The molecule has 0 heterocycles. The van der Waals surface area contributed by atoms with Gasteiger partial charge in [0.25, 0.3) is 0 Å². The molecule has 0 spiro atoms. The lowest BCUT2D eigenvalue weighted by atomic mass is 10.2. The molecular weight excluding hydrogens is 289 g/mol. The van der Waals surface area contributed by atoms with Crippen LogP contribution in [-0.2, 0) is 13.2 Å². The van der Waals surface area contributed by atoms with Crippen LogP contribution in [-0.4, -0.2) is 6.04 Å². The number of hydrogen-bond acceptors (Lipinski definition) is 2. The minimum absolute atomic E-state index is 0.260. The van der Waals surface area contributed by atoms with E-state index in [9.17, 15) is 4.39 Å². The molecule has 0 amide bonds. The Balaban J connectivity index is 1.55. The first-order valence-corrected chi connectivity index (χ1v) is 7.47. The summed E-state index contributed by atoms with van der Waals surface area (Å²) in [6.07, 6.45) is 2.57. The smallest absolute Gasteiger partial charge is 0.123 e. The van der Waals surface area contributed by atoms with Crippen LogP contribution in [0.1, 0.15) is 24.0 Å². The van der Waals surface area contributed by atoms with Gasteiger partial charge in [-0.1, -0.05) is 23.7 Å². The maximum Gasteiger partial charge on any atom is 0.123 e. The van der Waals surface area contributed by atoms with E-state index in [1.165, 1.54) is 30.5 Å². The van der Waals surface area contributed by atoms with Crippen molar-refractivity contribution in [1.29, 1.82) is 0 Å². The van der Waals surface area contributed by atoms with Crippen LogP contribution >= 0.6 is 11.6 Å². The predicted molar refractivity (Wildman–Crippen MR) is 82.0 cm³/mol. The van der Waals surface area contributed by atoms with Gasteiger partial charge in [-0.25, -0.2) is 4.39 Å². The van der Waals surface area contributed by atoms with Gasteiger partial charge >= 0.3 is 0 Å². The monoisotopic (exact) mass is 305 g/mol. The molecule has 2 nitrogen and oxygen atoms in total. The number of hydrogen-bond donors (Lipinski definition) is 1. The molecule has 0 unspecified atom stereocenters. The molecule has 1 aliphatic carbocycles. The van der Waals surface area contributed by atoms with Crippen molar-refractivity contribution in [2.24, 2.45) is 0 Å². The highest BCUT2D eigenvalue weighted by atomic mass is 35.5. The zero-order valence-corrected chi connectivity index (χ0v) is 12.4. The molecule has 110 valence electrons. The van der Waals surface area contributed by atoms with Crippen molar-refractivity contribution in [3.63, 3.8) is 0 Å². The van der Waals surface area contributed by atoms with Crippen LogP contribution in [0.4, 0.5) is 4.39 Å². The van der Waals surface area contributed by atoms with Crippen LogP contribution in [0.2, 0.25) is 5.02 Å². The van der Waals surface area contributed by atoms with Gasteiger partial charge in [0.05, 0.1) is 0 Å². The van der Waals surface area contributed by atoms with Gasteiger partial charge in [-0.3, -0.25) is 0 Å². The summed E-state index contributed by atoms with van der Waals surface area (Å²) in [5.74, 6) is 0.449. The molecule has 1 fully saturated rings. The van der Waals surface area contributed by atoms with E-state index in [1.54, 1.807) is 6.07 Å². The van der Waals surface area contributed by atoms with Crippen molar-refractivity contribution < 1.29 is 9.13 Å². The van der Waals surface area contributed by atoms with Gasteiger partial charge in [0.2, 0.25) is 0 Å². The number of halogens is 2. The molecule has 21 heavy (non-hydrogen) atoms. The molecule has 2 aromatic carbocycles. The highest BCUT2D eigenvalue weighted by Gasteiger charge is 2.19. The lowest BCUT2D eigenvalue weighted by Gasteiger charge is -2.09. The molecule has 4 heteroatoms. The van der Waals surface area contributed by atoms with E-state index in [-0.39, 0.29) is 12.4 Å². The fourth-order valence-electron chi connectivity index (χ4n) is 2.07. The van der Waals surface area contributed by atoms with E-state index in [2.05, 4.69) is 5.32 Å². The second kappa shape index (κ2) is 6.46. The van der Waals surface area contributed by atoms with Crippen molar-refractivity contribution in [1.82, 2.24) is 5.32 Å².